The van der Waals surface area contributed by atoms with Crippen LogP contribution in [0.3, 0.4) is 0 Å². The van der Waals surface area contributed by atoms with Crippen LogP contribution in [0, 0.1) is 6.92 Å². The molecule has 0 saturated heterocycles. The number of benzene rings is 1. The van der Waals surface area contributed by atoms with Crippen molar-refractivity contribution >= 4 is 21.9 Å². The van der Waals surface area contributed by atoms with Crippen LogP contribution in [0.25, 0.3) is 11.4 Å². The Labute approximate surface area is 122 Å². The molecule has 0 aliphatic heterocycles. The number of H-pyrrole nitrogens is 1. The summed E-state index contributed by atoms with van der Waals surface area (Å²) in [6, 6.07) is 5.18. The molecular weight excluding hydrogens is 328 g/mol. The summed E-state index contributed by atoms with van der Waals surface area (Å²) in [7, 11) is 1.55. The van der Waals surface area contributed by atoms with Gasteiger partial charge in [0.25, 0.3) is 5.56 Å². The minimum atomic E-state index is -1.29. The van der Waals surface area contributed by atoms with E-state index in [1.165, 1.54) is 6.92 Å². The number of rotatable bonds is 3. The fourth-order valence-corrected chi connectivity index (χ4v) is 2.33. The molecule has 6 nitrogen and oxygen atoms in total. The molecule has 0 aliphatic rings. The normalized spacial score (nSPS) is 10.3. The standard InChI is InChI=1S/C13H11BrN2O4/c1-6-10(13(18)19)12(17)16-11(15-6)7-3-4-9(20-2)8(14)5-7/h3-5H,1-2H3,(H,18,19)(H,15,16,17). The van der Waals surface area contributed by atoms with Crippen LogP contribution in [0.4, 0.5) is 0 Å². The predicted octanol–water partition coefficient (Wildman–Crippen LogP) is 2.21. The van der Waals surface area contributed by atoms with Gasteiger partial charge in [0.05, 0.1) is 17.3 Å². The summed E-state index contributed by atoms with van der Waals surface area (Å²) in [4.78, 5) is 29.3. The fourth-order valence-electron chi connectivity index (χ4n) is 1.79. The second kappa shape index (κ2) is 5.46. The lowest BCUT2D eigenvalue weighted by Crippen LogP contribution is -2.21. The van der Waals surface area contributed by atoms with E-state index in [9.17, 15) is 9.59 Å². The maximum atomic E-state index is 11.8. The monoisotopic (exact) mass is 338 g/mol. The summed E-state index contributed by atoms with van der Waals surface area (Å²) < 4.78 is 5.83. The summed E-state index contributed by atoms with van der Waals surface area (Å²) in [5, 5.41) is 8.94. The summed E-state index contributed by atoms with van der Waals surface area (Å²) in [6.07, 6.45) is 0. The zero-order chi connectivity index (χ0) is 14.9. The Hall–Kier alpha value is -2.15. The van der Waals surface area contributed by atoms with Crippen molar-refractivity contribution in [2.45, 2.75) is 6.92 Å². The highest BCUT2D eigenvalue weighted by Gasteiger charge is 2.16. The molecule has 0 atom stereocenters. The lowest BCUT2D eigenvalue weighted by molar-refractivity contribution is 0.0693. The van der Waals surface area contributed by atoms with E-state index in [1.54, 1.807) is 25.3 Å². The summed E-state index contributed by atoms with van der Waals surface area (Å²) >= 11 is 3.34. The summed E-state index contributed by atoms with van der Waals surface area (Å²) in [5.74, 6) is -0.338. The number of methoxy groups -OCH3 is 1. The Bertz CT molecular complexity index is 740. The molecule has 0 bridgehead atoms. The molecule has 1 heterocycles. The number of halogens is 1. The quantitative estimate of drug-likeness (QED) is 0.895. The molecule has 0 fully saturated rings. The molecule has 7 heteroatoms. The Morgan fingerprint density at radius 1 is 1.45 bits per heavy atom. The maximum absolute atomic E-state index is 11.8. The van der Waals surface area contributed by atoms with Gasteiger partial charge in [0.2, 0.25) is 0 Å². The second-order valence-electron chi connectivity index (χ2n) is 4.03. The van der Waals surface area contributed by atoms with Crippen LogP contribution in [0.15, 0.2) is 27.5 Å². The third-order valence-electron chi connectivity index (χ3n) is 2.74. The van der Waals surface area contributed by atoms with Gasteiger partial charge in [0, 0.05) is 5.56 Å². The molecule has 1 aromatic heterocycles. The van der Waals surface area contributed by atoms with Crippen LogP contribution >= 0.6 is 15.9 Å². The average molecular weight is 339 g/mol. The molecule has 0 spiro atoms. The largest absolute Gasteiger partial charge is 0.496 e. The first kappa shape index (κ1) is 14.3. The van der Waals surface area contributed by atoms with Crippen molar-refractivity contribution in [2.75, 3.05) is 7.11 Å². The van der Waals surface area contributed by atoms with Gasteiger partial charge in [-0.25, -0.2) is 9.78 Å². The molecule has 0 unspecified atom stereocenters. The number of aryl methyl sites for hydroxylation is 1. The number of aromatic nitrogens is 2. The lowest BCUT2D eigenvalue weighted by Gasteiger charge is -2.07. The van der Waals surface area contributed by atoms with Crippen LogP contribution in [0.5, 0.6) is 5.75 Å². The maximum Gasteiger partial charge on any atom is 0.343 e. The highest BCUT2D eigenvalue weighted by molar-refractivity contribution is 9.10. The first-order chi connectivity index (χ1) is 9.43. The van der Waals surface area contributed by atoms with Gasteiger partial charge in [-0.2, -0.15) is 0 Å². The molecule has 2 rings (SSSR count). The molecule has 2 N–H and O–H groups in total. The molecule has 1 aromatic carbocycles. The van der Waals surface area contributed by atoms with Crippen LogP contribution in [0.2, 0.25) is 0 Å². The average Bonchev–Trinajstić information content (AvgIpc) is 2.37. The van der Waals surface area contributed by atoms with Gasteiger partial charge in [-0.15, -0.1) is 0 Å². The minimum Gasteiger partial charge on any atom is -0.496 e. The number of nitrogens with zero attached hydrogens (tertiary/aromatic N) is 1. The van der Waals surface area contributed by atoms with E-state index in [0.717, 1.165) is 0 Å². The highest BCUT2D eigenvalue weighted by Crippen LogP contribution is 2.28. The van der Waals surface area contributed by atoms with Gasteiger partial charge < -0.3 is 14.8 Å². The van der Waals surface area contributed by atoms with E-state index >= 15 is 0 Å². The van der Waals surface area contributed by atoms with Crippen molar-refractivity contribution in [3.63, 3.8) is 0 Å². The SMILES string of the molecule is COc1ccc(-c2nc(C)c(C(=O)O)c(=O)[nH]2)cc1Br. The van der Waals surface area contributed by atoms with Crippen LogP contribution in [-0.2, 0) is 0 Å². The topological polar surface area (TPSA) is 92.3 Å². The third-order valence-corrected chi connectivity index (χ3v) is 3.36. The van der Waals surface area contributed by atoms with Crippen molar-refractivity contribution in [1.82, 2.24) is 9.97 Å². The van der Waals surface area contributed by atoms with Crippen molar-refractivity contribution in [1.29, 1.82) is 0 Å². The Morgan fingerprint density at radius 3 is 2.65 bits per heavy atom. The first-order valence-corrected chi connectivity index (χ1v) is 6.41. The molecule has 0 saturated carbocycles. The second-order valence-corrected chi connectivity index (χ2v) is 4.88. The van der Waals surface area contributed by atoms with E-state index in [1.807, 2.05) is 0 Å². The number of carboxylic acid groups (broad SMARTS) is 1. The van der Waals surface area contributed by atoms with Crippen molar-refractivity contribution in [3.05, 3.63) is 44.3 Å². The molecule has 0 amide bonds. The molecule has 20 heavy (non-hydrogen) atoms. The summed E-state index contributed by atoms with van der Waals surface area (Å²) in [6.45, 7) is 1.49. The van der Waals surface area contributed by atoms with Gasteiger partial charge in [0.15, 0.2) is 0 Å². The van der Waals surface area contributed by atoms with Crippen LogP contribution in [0.1, 0.15) is 16.1 Å². The number of hydrogen-bond acceptors (Lipinski definition) is 4. The number of aromatic amines is 1. The molecule has 104 valence electrons. The molecular formula is C13H11BrN2O4. The van der Waals surface area contributed by atoms with Crippen LogP contribution < -0.4 is 10.3 Å². The van der Waals surface area contributed by atoms with Gasteiger partial charge in [0.1, 0.15) is 17.1 Å². The third kappa shape index (κ3) is 2.57. The Balaban J connectivity index is 2.57. The van der Waals surface area contributed by atoms with E-state index in [-0.39, 0.29) is 11.3 Å². The predicted molar refractivity (Wildman–Crippen MR) is 76.2 cm³/mol. The highest BCUT2D eigenvalue weighted by atomic mass is 79.9. The molecule has 0 radical (unpaired) electrons. The lowest BCUT2D eigenvalue weighted by atomic mass is 10.2. The zero-order valence-corrected chi connectivity index (χ0v) is 12.3. The zero-order valence-electron chi connectivity index (χ0n) is 10.7. The molecule has 0 aliphatic carbocycles. The Morgan fingerprint density at radius 2 is 2.15 bits per heavy atom. The molecule has 2 aromatic rings. The Kier molecular flexibility index (Phi) is 3.89. The fraction of sp³-hybridized carbons (Fsp3) is 0.154. The number of nitrogens with one attached hydrogen (secondary N) is 1. The smallest absolute Gasteiger partial charge is 0.343 e. The van der Waals surface area contributed by atoms with Gasteiger partial charge in [-0.05, 0) is 41.1 Å². The van der Waals surface area contributed by atoms with E-state index in [2.05, 4.69) is 25.9 Å². The number of hydrogen-bond donors (Lipinski definition) is 2. The van der Waals surface area contributed by atoms with E-state index < -0.39 is 11.5 Å². The van der Waals surface area contributed by atoms with Gasteiger partial charge >= 0.3 is 5.97 Å². The van der Waals surface area contributed by atoms with Gasteiger partial charge in [-0.3, -0.25) is 4.79 Å². The number of carboxylic acids is 1. The van der Waals surface area contributed by atoms with Gasteiger partial charge in [-0.1, -0.05) is 0 Å². The minimum absolute atomic E-state index is 0.170. The van der Waals surface area contributed by atoms with Crippen molar-refractivity contribution in [3.8, 4) is 17.1 Å². The van der Waals surface area contributed by atoms with E-state index in [0.29, 0.717) is 21.6 Å². The van der Waals surface area contributed by atoms with Crippen molar-refractivity contribution in [2.24, 2.45) is 0 Å². The van der Waals surface area contributed by atoms with E-state index in [4.69, 9.17) is 9.84 Å². The number of ether oxygens (including phenoxy) is 1. The number of carbonyl (C=O) groups is 1. The first-order valence-electron chi connectivity index (χ1n) is 5.62. The van der Waals surface area contributed by atoms with Crippen LogP contribution in [-0.4, -0.2) is 28.2 Å². The summed E-state index contributed by atoms with van der Waals surface area (Å²) in [5.41, 5.74) is -0.203. The number of aromatic carboxylic acids is 1. The van der Waals surface area contributed by atoms with Crippen molar-refractivity contribution < 1.29 is 14.6 Å².